The molecular formula is C22H21F4N5O. The third kappa shape index (κ3) is 3.42. The first-order chi connectivity index (χ1) is 15.2. The van der Waals surface area contributed by atoms with Crippen LogP contribution in [0.5, 0.6) is 0 Å². The monoisotopic (exact) mass is 447 g/mol. The number of halogens is 4. The fourth-order valence-electron chi connectivity index (χ4n) is 4.33. The van der Waals surface area contributed by atoms with Crippen LogP contribution in [0, 0.1) is 18.2 Å². The van der Waals surface area contributed by atoms with E-state index in [9.17, 15) is 17.6 Å². The Morgan fingerprint density at radius 2 is 1.94 bits per heavy atom. The predicted molar refractivity (Wildman–Crippen MR) is 111 cm³/mol. The molecule has 1 aromatic carbocycles. The Hall–Kier alpha value is -3.01. The molecule has 4 heterocycles. The first kappa shape index (κ1) is 20.9. The standard InChI is InChI=1S/C22H21F4N5O/c1-12(15-4-3-5-17(18(15)23)22(24,25)26)28-20-16-6-14(7-27-19(16)13(2)29-30-20)31-8-21(9-31)10-32-11-21/h3-7,12H,8-11H2,1-2H3,(H,28,30)/t12-/m1/s1. The van der Waals surface area contributed by atoms with Gasteiger partial charge in [-0.1, -0.05) is 12.1 Å². The summed E-state index contributed by atoms with van der Waals surface area (Å²) >= 11 is 0. The zero-order valence-corrected chi connectivity index (χ0v) is 17.5. The summed E-state index contributed by atoms with van der Waals surface area (Å²) < 4.78 is 59.3. The molecule has 0 bridgehead atoms. The van der Waals surface area contributed by atoms with Crippen molar-refractivity contribution in [3.63, 3.8) is 0 Å². The largest absolute Gasteiger partial charge is 0.419 e. The number of alkyl halides is 3. The van der Waals surface area contributed by atoms with Crippen LogP contribution in [0.2, 0.25) is 0 Å². The Morgan fingerprint density at radius 3 is 2.59 bits per heavy atom. The SMILES string of the molecule is Cc1nnc(N[C@H](C)c2cccc(C(F)(F)F)c2F)c2cc(N3CC4(COC4)C3)cnc12. The maximum absolute atomic E-state index is 14.6. The highest BCUT2D eigenvalue weighted by molar-refractivity contribution is 5.92. The maximum atomic E-state index is 14.6. The number of hydrogen-bond acceptors (Lipinski definition) is 6. The molecule has 0 saturated carbocycles. The van der Waals surface area contributed by atoms with Crippen LogP contribution in [0.4, 0.5) is 29.1 Å². The lowest BCUT2D eigenvalue weighted by molar-refractivity contribution is -0.140. The fourth-order valence-corrected chi connectivity index (χ4v) is 4.33. The zero-order valence-electron chi connectivity index (χ0n) is 17.5. The van der Waals surface area contributed by atoms with E-state index in [2.05, 4.69) is 25.4 Å². The number of rotatable bonds is 4. The van der Waals surface area contributed by atoms with Gasteiger partial charge in [0, 0.05) is 24.0 Å². The van der Waals surface area contributed by atoms with Gasteiger partial charge in [0.25, 0.3) is 0 Å². The molecule has 0 aliphatic carbocycles. The molecule has 2 aliphatic rings. The van der Waals surface area contributed by atoms with Gasteiger partial charge < -0.3 is 15.0 Å². The Labute approximate surface area is 181 Å². The van der Waals surface area contributed by atoms with Gasteiger partial charge in [-0.2, -0.15) is 18.3 Å². The summed E-state index contributed by atoms with van der Waals surface area (Å²) in [5, 5.41) is 12.0. The summed E-state index contributed by atoms with van der Waals surface area (Å²) in [6.07, 6.45) is -2.99. The maximum Gasteiger partial charge on any atom is 0.419 e. The van der Waals surface area contributed by atoms with Gasteiger partial charge in [0.15, 0.2) is 5.82 Å². The second kappa shape index (κ2) is 7.26. The molecule has 1 atom stereocenters. The van der Waals surface area contributed by atoms with Crippen molar-refractivity contribution in [3.05, 3.63) is 53.1 Å². The lowest BCUT2D eigenvalue weighted by Crippen LogP contribution is -2.66. The molecule has 5 rings (SSSR count). The summed E-state index contributed by atoms with van der Waals surface area (Å²) in [6.45, 7) is 6.66. The van der Waals surface area contributed by atoms with Crippen LogP contribution in [0.15, 0.2) is 30.5 Å². The average Bonchev–Trinajstić information content (AvgIpc) is 2.67. The van der Waals surface area contributed by atoms with Crippen LogP contribution >= 0.6 is 0 Å². The predicted octanol–water partition coefficient (Wildman–Crippen LogP) is 4.50. The number of nitrogens with one attached hydrogen (secondary N) is 1. The second-order valence-electron chi connectivity index (χ2n) is 8.65. The summed E-state index contributed by atoms with van der Waals surface area (Å²) in [7, 11) is 0. The van der Waals surface area contributed by atoms with Crippen molar-refractivity contribution in [1.82, 2.24) is 15.2 Å². The summed E-state index contributed by atoms with van der Waals surface area (Å²) in [4.78, 5) is 6.74. The molecule has 0 amide bonds. The molecule has 2 fully saturated rings. The van der Waals surface area contributed by atoms with Crippen molar-refractivity contribution in [1.29, 1.82) is 0 Å². The molecule has 10 heteroatoms. The van der Waals surface area contributed by atoms with Gasteiger partial charge in [-0.15, -0.1) is 5.10 Å². The van der Waals surface area contributed by atoms with E-state index in [1.165, 1.54) is 12.1 Å². The van der Waals surface area contributed by atoms with Crippen molar-refractivity contribution in [3.8, 4) is 0 Å². The lowest BCUT2D eigenvalue weighted by Gasteiger charge is -2.55. The van der Waals surface area contributed by atoms with Gasteiger partial charge in [-0.3, -0.25) is 4.98 Å². The first-order valence-electron chi connectivity index (χ1n) is 10.2. The Bertz CT molecular complexity index is 1190. The van der Waals surface area contributed by atoms with Gasteiger partial charge in [0.05, 0.1) is 53.3 Å². The average molecular weight is 447 g/mol. The Balaban J connectivity index is 1.46. The van der Waals surface area contributed by atoms with Crippen LogP contribution < -0.4 is 10.2 Å². The number of aryl methyl sites for hydroxylation is 1. The number of fused-ring (bicyclic) bond motifs is 1. The summed E-state index contributed by atoms with van der Waals surface area (Å²) in [5.74, 6) is -0.955. The third-order valence-electron chi connectivity index (χ3n) is 6.16. The van der Waals surface area contributed by atoms with Gasteiger partial charge in [0.2, 0.25) is 0 Å². The van der Waals surface area contributed by atoms with Crippen molar-refractivity contribution in [2.75, 3.05) is 36.5 Å². The molecule has 2 aromatic heterocycles. The number of anilines is 2. The number of pyridine rings is 1. The number of hydrogen-bond donors (Lipinski definition) is 1. The van der Waals surface area contributed by atoms with Crippen LogP contribution in [-0.4, -0.2) is 41.5 Å². The van der Waals surface area contributed by atoms with E-state index in [-0.39, 0.29) is 11.0 Å². The number of benzene rings is 1. The van der Waals surface area contributed by atoms with Crippen LogP contribution in [0.25, 0.3) is 10.9 Å². The van der Waals surface area contributed by atoms with Crippen LogP contribution in [-0.2, 0) is 10.9 Å². The molecule has 6 nitrogen and oxygen atoms in total. The molecule has 168 valence electrons. The van der Waals surface area contributed by atoms with Crippen molar-refractivity contribution >= 4 is 22.4 Å². The van der Waals surface area contributed by atoms with E-state index in [1.54, 1.807) is 20.0 Å². The van der Waals surface area contributed by atoms with Gasteiger partial charge in [-0.05, 0) is 26.0 Å². The minimum atomic E-state index is -4.77. The molecule has 1 spiro atoms. The van der Waals surface area contributed by atoms with Gasteiger partial charge >= 0.3 is 6.18 Å². The number of aromatic nitrogens is 3. The molecule has 0 radical (unpaired) electrons. The summed E-state index contributed by atoms with van der Waals surface area (Å²) in [6, 6.07) is 4.42. The van der Waals surface area contributed by atoms with Gasteiger partial charge in [-0.25, -0.2) is 4.39 Å². The topological polar surface area (TPSA) is 63.2 Å². The van der Waals surface area contributed by atoms with E-state index in [1.807, 2.05) is 6.07 Å². The first-order valence-corrected chi connectivity index (χ1v) is 10.2. The van der Waals surface area contributed by atoms with Crippen LogP contribution in [0.3, 0.4) is 0 Å². The highest BCUT2D eigenvalue weighted by Crippen LogP contribution is 2.41. The van der Waals surface area contributed by atoms with Crippen molar-refractivity contribution in [2.45, 2.75) is 26.1 Å². The second-order valence-corrected chi connectivity index (χ2v) is 8.65. The minimum absolute atomic E-state index is 0.103. The number of nitrogens with zero attached hydrogens (tertiary/aromatic N) is 4. The molecule has 2 saturated heterocycles. The summed E-state index contributed by atoms with van der Waals surface area (Å²) in [5.41, 5.74) is 1.02. The quantitative estimate of drug-likeness (QED) is 0.595. The smallest absolute Gasteiger partial charge is 0.380 e. The molecule has 2 aliphatic heterocycles. The highest BCUT2D eigenvalue weighted by atomic mass is 19.4. The van der Waals surface area contributed by atoms with Crippen LogP contribution in [0.1, 0.15) is 29.8 Å². The van der Waals surface area contributed by atoms with E-state index >= 15 is 0 Å². The van der Waals surface area contributed by atoms with Gasteiger partial charge in [0.1, 0.15) is 5.82 Å². The Morgan fingerprint density at radius 1 is 1.19 bits per heavy atom. The Kier molecular flexibility index (Phi) is 4.74. The number of ether oxygens (including phenoxy) is 1. The molecule has 1 N–H and O–H groups in total. The molecule has 3 aromatic rings. The van der Waals surface area contributed by atoms with E-state index in [0.29, 0.717) is 22.4 Å². The van der Waals surface area contributed by atoms with Crippen molar-refractivity contribution < 1.29 is 22.3 Å². The van der Waals surface area contributed by atoms with E-state index in [4.69, 9.17) is 4.74 Å². The highest BCUT2D eigenvalue weighted by Gasteiger charge is 2.49. The van der Waals surface area contributed by atoms with E-state index in [0.717, 1.165) is 38.1 Å². The molecule has 32 heavy (non-hydrogen) atoms. The third-order valence-corrected chi connectivity index (χ3v) is 6.16. The van der Waals surface area contributed by atoms with E-state index < -0.39 is 23.6 Å². The fraction of sp³-hybridized carbons (Fsp3) is 0.409. The molecule has 0 unspecified atom stereocenters. The normalized spacial score (nSPS) is 18.4. The molecular weight excluding hydrogens is 426 g/mol. The minimum Gasteiger partial charge on any atom is -0.380 e. The zero-order chi connectivity index (χ0) is 22.7. The lowest BCUT2D eigenvalue weighted by atomic mass is 9.78. The van der Waals surface area contributed by atoms with Crippen molar-refractivity contribution in [2.24, 2.45) is 5.41 Å².